The van der Waals surface area contributed by atoms with Crippen LogP contribution in [0.5, 0.6) is 17.6 Å². The first kappa shape index (κ1) is 71.5. The molecule has 434 valence electrons. The van der Waals surface area contributed by atoms with Crippen molar-refractivity contribution >= 4 is 0 Å². The monoisotopic (exact) mass is 1060 g/mol. The van der Waals surface area contributed by atoms with Gasteiger partial charge in [-0.3, -0.25) is 9.80 Å². The van der Waals surface area contributed by atoms with E-state index < -0.39 is 0 Å². The molecule has 0 aliphatic carbocycles. The highest BCUT2D eigenvalue weighted by atomic mass is 16.5. The molecule has 14 heteroatoms. The molecule has 0 amide bonds. The number of ether oxygens (including phenoxy) is 7. The molecule has 3 aromatic heterocycles. The molecule has 0 spiro atoms. The Morgan fingerprint density at radius 2 is 0.693 bits per heavy atom. The number of pyridine rings is 3. The molecule has 0 radical (unpaired) electrons. The summed E-state index contributed by atoms with van der Waals surface area (Å²) in [6, 6.07) is 11.8. The van der Waals surface area contributed by atoms with Crippen molar-refractivity contribution in [3.05, 3.63) is 71.7 Å². The number of hydrogen-bond acceptors (Lipinski definition) is 14. The maximum atomic E-state index is 5.83. The molecule has 0 bridgehead atoms. The molecule has 2 saturated heterocycles. The van der Waals surface area contributed by atoms with Gasteiger partial charge in [-0.15, -0.1) is 0 Å². The van der Waals surface area contributed by atoms with Crippen molar-refractivity contribution in [1.29, 1.82) is 0 Å². The lowest BCUT2D eigenvalue weighted by Crippen LogP contribution is -2.53. The average Bonchev–Trinajstić information content (AvgIpc) is 3.27. The van der Waals surface area contributed by atoms with Crippen LogP contribution in [0.2, 0.25) is 0 Å². The molecule has 5 rings (SSSR count). The molecule has 3 aromatic rings. The summed E-state index contributed by atoms with van der Waals surface area (Å²) in [5.74, 6) is 2.03. The van der Waals surface area contributed by atoms with E-state index in [4.69, 9.17) is 33.2 Å². The smallest absolute Gasteiger partial charge is 0.213 e. The van der Waals surface area contributed by atoms with Crippen molar-refractivity contribution < 1.29 is 33.2 Å². The van der Waals surface area contributed by atoms with Crippen LogP contribution in [0.4, 0.5) is 0 Å². The molecule has 2 aliphatic heterocycles. The van der Waals surface area contributed by atoms with Crippen molar-refractivity contribution in [3.63, 3.8) is 0 Å². The lowest BCUT2D eigenvalue weighted by atomic mass is 10.0. The first-order chi connectivity index (χ1) is 33.4. The van der Waals surface area contributed by atoms with E-state index in [1.165, 1.54) is 0 Å². The van der Waals surface area contributed by atoms with Gasteiger partial charge in [-0.25, -0.2) is 15.0 Å². The zero-order valence-corrected chi connectivity index (χ0v) is 48.6. The van der Waals surface area contributed by atoms with Crippen LogP contribution in [-0.2, 0) is 38.8 Å². The van der Waals surface area contributed by atoms with E-state index in [-0.39, 0.29) is 55.8 Å². The van der Waals surface area contributed by atoms with Gasteiger partial charge in [0, 0.05) is 114 Å². The van der Waals surface area contributed by atoms with E-state index in [9.17, 15) is 0 Å². The summed E-state index contributed by atoms with van der Waals surface area (Å²) in [7, 11) is 0. The SMILES string of the molecule is C.C.C.CC(C)(C)OCCN1CCN(CCCOc2ccc(COC(C)(C)C)cn2)CC1.CC(C)(C)OCc1ccc(OC(C)(C)C)nc1.CC(C)(C)OCc1ccc(OCCCN2CCN(C(C)(C)C)CC2)nc1. The highest BCUT2D eigenvalue weighted by Gasteiger charge is 2.26. The van der Waals surface area contributed by atoms with Gasteiger partial charge in [0.05, 0.1) is 62.0 Å². The lowest BCUT2D eigenvalue weighted by Gasteiger charge is -2.42. The number of nitrogens with zero attached hydrogens (tertiary/aromatic N) is 7. The van der Waals surface area contributed by atoms with E-state index in [2.05, 4.69) is 118 Å². The zero-order valence-electron chi connectivity index (χ0n) is 48.6. The van der Waals surface area contributed by atoms with E-state index in [1.807, 2.05) is 90.3 Å². The lowest BCUT2D eigenvalue weighted by molar-refractivity contribution is -0.0179. The van der Waals surface area contributed by atoms with Gasteiger partial charge in [-0.05, 0) is 172 Å². The van der Waals surface area contributed by atoms with Crippen molar-refractivity contribution in [2.75, 3.05) is 91.8 Å². The fraction of sp³-hybridized carbons (Fsp3) is 0.754. The van der Waals surface area contributed by atoms with Crippen molar-refractivity contribution in [2.24, 2.45) is 0 Å². The Hall–Kier alpha value is -3.47. The summed E-state index contributed by atoms with van der Waals surface area (Å²) in [5, 5.41) is 0. The van der Waals surface area contributed by atoms with Gasteiger partial charge < -0.3 is 43.0 Å². The van der Waals surface area contributed by atoms with Crippen molar-refractivity contribution in [1.82, 2.24) is 34.6 Å². The molecule has 0 unspecified atom stereocenters. The van der Waals surface area contributed by atoms with Gasteiger partial charge in [-0.1, -0.05) is 22.3 Å². The first-order valence-electron chi connectivity index (χ1n) is 26.7. The van der Waals surface area contributed by atoms with Gasteiger partial charge in [0.2, 0.25) is 17.6 Å². The predicted molar refractivity (Wildman–Crippen MR) is 313 cm³/mol. The largest absolute Gasteiger partial charge is 0.478 e. The Bertz CT molecular complexity index is 1880. The summed E-state index contributed by atoms with van der Waals surface area (Å²) in [6.45, 7) is 53.9. The number of piperazine rings is 2. The summed E-state index contributed by atoms with van der Waals surface area (Å²) in [4.78, 5) is 23.1. The molecular formula is C61H113N7O7. The minimum absolute atomic E-state index is 0. The Morgan fingerprint density at radius 1 is 0.373 bits per heavy atom. The fourth-order valence-electron chi connectivity index (χ4n) is 7.22. The normalized spacial score (nSPS) is 15.4. The van der Waals surface area contributed by atoms with Crippen LogP contribution >= 0.6 is 0 Å². The third-order valence-electron chi connectivity index (χ3n) is 11.3. The van der Waals surface area contributed by atoms with Gasteiger partial charge >= 0.3 is 0 Å². The molecule has 0 atom stereocenters. The third kappa shape index (κ3) is 35.5. The maximum Gasteiger partial charge on any atom is 0.213 e. The van der Waals surface area contributed by atoms with Gasteiger partial charge in [0.1, 0.15) is 5.60 Å². The van der Waals surface area contributed by atoms with E-state index in [0.29, 0.717) is 50.7 Å². The summed E-state index contributed by atoms with van der Waals surface area (Å²) < 4.78 is 40.3. The fourth-order valence-corrected chi connectivity index (χ4v) is 7.22. The predicted octanol–water partition coefficient (Wildman–Crippen LogP) is 12.7. The number of rotatable bonds is 20. The highest BCUT2D eigenvalue weighted by Crippen LogP contribution is 2.20. The van der Waals surface area contributed by atoms with E-state index in [1.54, 1.807) is 6.20 Å². The molecule has 0 aromatic carbocycles. The Kier molecular flexibility index (Phi) is 32.2. The summed E-state index contributed by atoms with van der Waals surface area (Å²) >= 11 is 0. The molecule has 2 aliphatic rings. The second-order valence-electron chi connectivity index (χ2n) is 25.0. The molecule has 14 nitrogen and oxygen atoms in total. The standard InChI is InChI=1S/C23H41N3O3.C21H37N3O2.C14H23NO2.3CH4/c1-22(2,3)28-17-15-26-13-11-25(12-14-26)10-7-16-27-21-9-8-20(18-24-21)19-29-23(4,5)6;1-20(2,3)24-13-11-23(12-14-24)10-7-15-25-19-9-8-18(16-22-19)17-26-21(4,5)6;1-13(2,3)16-10-11-7-8-12(15-9-11)17-14(4,5)6;;;/h8-9,18H,7,10-17,19H2,1-6H3;8-9,16H,7,10-15,17H2,1-6H3;7-9H,10H2,1-6H3;3*1H4. The molecule has 0 N–H and O–H groups in total. The third-order valence-corrected chi connectivity index (χ3v) is 11.3. The van der Waals surface area contributed by atoms with Crippen LogP contribution in [0.15, 0.2) is 55.0 Å². The van der Waals surface area contributed by atoms with Gasteiger partial charge in [0.25, 0.3) is 0 Å². The Balaban J connectivity index is 0.00000111. The van der Waals surface area contributed by atoms with Crippen LogP contribution in [0, 0.1) is 0 Å². The van der Waals surface area contributed by atoms with Crippen LogP contribution in [-0.4, -0.2) is 160 Å². The van der Waals surface area contributed by atoms with E-state index >= 15 is 0 Å². The Labute approximate surface area is 460 Å². The molecule has 5 heterocycles. The summed E-state index contributed by atoms with van der Waals surface area (Å²) in [5.41, 5.74) is 2.83. The quantitative estimate of drug-likeness (QED) is 0.1000. The minimum atomic E-state index is -0.212. The average molecular weight is 1060 g/mol. The molecule has 2 fully saturated rings. The van der Waals surface area contributed by atoms with Crippen LogP contribution in [0.1, 0.15) is 176 Å². The zero-order chi connectivity index (χ0) is 53.6. The molecular weight excluding hydrogens is 943 g/mol. The van der Waals surface area contributed by atoms with Crippen LogP contribution < -0.4 is 14.2 Å². The van der Waals surface area contributed by atoms with Crippen molar-refractivity contribution in [3.8, 4) is 17.6 Å². The maximum absolute atomic E-state index is 5.83. The minimum Gasteiger partial charge on any atom is -0.478 e. The van der Waals surface area contributed by atoms with Crippen LogP contribution in [0.25, 0.3) is 0 Å². The first-order valence-corrected chi connectivity index (χ1v) is 26.7. The molecule has 75 heavy (non-hydrogen) atoms. The van der Waals surface area contributed by atoms with Gasteiger partial charge in [-0.2, -0.15) is 0 Å². The second-order valence-corrected chi connectivity index (χ2v) is 25.0. The van der Waals surface area contributed by atoms with E-state index in [0.717, 1.165) is 108 Å². The summed E-state index contributed by atoms with van der Waals surface area (Å²) in [6.07, 6.45) is 7.53. The number of aromatic nitrogens is 3. The molecule has 0 saturated carbocycles. The Morgan fingerprint density at radius 3 is 0.987 bits per heavy atom. The van der Waals surface area contributed by atoms with Crippen molar-refractivity contribution in [2.45, 2.75) is 213 Å². The topological polar surface area (TPSA) is 116 Å². The van der Waals surface area contributed by atoms with Gasteiger partial charge in [0.15, 0.2) is 0 Å². The number of hydrogen-bond donors (Lipinski definition) is 0. The van der Waals surface area contributed by atoms with Crippen LogP contribution in [0.3, 0.4) is 0 Å². The highest BCUT2D eigenvalue weighted by molar-refractivity contribution is 5.19. The second kappa shape index (κ2) is 33.7.